The van der Waals surface area contributed by atoms with E-state index in [1.807, 2.05) is 24.3 Å². The number of nitro groups is 1. The lowest BCUT2D eigenvalue weighted by molar-refractivity contribution is -0.389. The Hall–Kier alpha value is -3.51. The summed E-state index contributed by atoms with van der Waals surface area (Å²) in [5, 5.41) is 20.8. The van der Waals surface area contributed by atoms with E-state index in [1.54, 1.807) is 19.1 Å². The number of nitrogens with zero attached hydrogens (tertiary/aromatic N) is 4. The van der Waals surface area contributed by atoms with Gasteiger partial charge in [0, 0.05) is 25.2 Å². The van der Waals surface area contributed by atoms with Crippen molar-refractivity contribution in [3.63, 3.8) is 0 Å². The Bertz CT molecular complexity index is 1240. The summed E-state index contributed by atoms with van der Waals surface area (Å²) in [5.41, 5.74) is 1.98. The van der Waals surface area contributed by atoms with Gasteiger partial charge >= 0.3 is 17.5 Å². The maximum absolute atomic E-state index is 12.4. The molecular formula is C26H28ClF3N4O5. The number of aromatic nitrogens is 2. The minimum absolute atomic E-state index is 0.110. The van der Waals surface area contributed by atoms with Crippen LogP contribution in [0.4, 0.5) is 24.7 Å². The monoisotopic (exact) mass is 568 g/mol. The molecule has 39 heavy (non-hydrogen) atoms. The number of hydrogen-bond donors (Lipinski definition) is 1. The third-order valence-electron chi connectivity index (χ3n) is 6.48. The molecule has 1 saturated heterocycles. The molecule has 0 aliphatic carbocycles. The first-order valence-electron chi connectivity index (χ1n) is 12.4. The fourth-order valence-corrected chi connectivity index (χ4v) is 4.85. The number of ether oxygens (including phenoxy) is 2. The van der Waals surface area contributed by atoms with E-state index in [9.17, 15) is 28.4 Å². The molecule has 2 heterocycles. The van der Waals surface area contributed by atoms with Crippen molar-refractivity contribution < 1.29 is 32.7 Å². The Kier molecular flexibility index (Phi) is 8.86. The van der Waals surface area contributed by atoms with E-state index in [1.165, 1.54) is 22.9 Å². The highest BCUT2D eigenvalue weighted by atomic mass is 35.5. The standard InChI is InChI=1S/C26H28ClF3N4O5/c1-17(35)14-24(33-16-23(34(36)37)31-25(33)27)38-21-6-2-18(3-7-21)15-19-10-12-32(13-11-19)20-4-8-22(9-5-20)39-26(28,29)30/h2-9,16-17,19,24,35H,10-15H2,1H3. The zero-order valence-corrected chi connectivity index (χ0v) is 21.8. The Morgan fingerprint density at radius 2 is 1.74 bits per heavy atom. The quantitative estimate of drug-likeness (QED) is 0.231. The van der Waals surface area contributed by atoms with Crippen molar-refractivity contribution in [2.24, 2.45) is 5.92 Å². The van der Waals surface area contributed by atoms with Gasteiger partial charge in [0.15, 0.2) is 6.23 Å². The van der Waals surface area contributed by atoms with Crippen LogP contribution in [-0.2, 0) is 6.42 Å². The van der Waals surface area contributed by atoms with Crippen molar-refractivity contribution in [3.05, 3.63) is 75.7 Å². The van der Waals surface area contributed by atoms with Crippen molar-refractivity contribution in [2.75, 3.05) is 18.0 Å². The highest BCUT2D eigenvalue weighted by molar-refractivity contribution is 6.28. The molecule has 4 rings (SSSR count). The summed E-state index contributed by atoms with van der Waals surface area (Å²) in [6.07, 6.45) is -2.18. The molecule has 0 radical (unpaired) electrons. The number of benzene rings is 2. The summed E-state index contributed by atoms with van der Waals surface area (Å²) in [6.45, 7) is 3.18. The number of halogens is 4. The van der Waals surface area contributed by atoms with Gasteiger partial charge in [-0.25, -0.2) is 0 Å². The van der Waals surface area contributed by atoms with Crippen molar-refractivity contribution in [2.45, 2.75) is 51.3 Å². The first-order chi connectivity index (χ1) is 18.5. The van der Waals surface area contributed by atoms with Crippen LogP contribution in [0.2, 0.25) is 5.28 Å². The molecule has 1 aliphatic heterocycles. The molecule has 1 aliphatic rings. The lowest BCUT2D eigenvalue weighted by atomic mass is 9.90. The molecule has 1 aromatic heterocycles. The highest BCUT2D eigenvalue weighted by Gasteiger charge is 2.31. The number of alkyl halides is 3. The lowest BCUT2D eigenvalue weighted by Gasteiger charge is -2.33. The van der Waals surface area contributed by atoms with E-state index >= 15 is 0 Å². The second kappa shape index (κ2) is 12.1. The highest BCUT2D eigenvalue weighted by Crippen LogP contribution is 2.31. The van der Waals surface area contributed by atoms with Crippen LogP contribution in [0.5, 0.6) is 11.5 Å². The Morgan fingerprint density at radius 1 is 1.13 bits per heavy atom. The predicted octanol–water partition coefficient (Wildman–Crippen LogP) is 6.15. The second-order valence-electron chi connectivity index (χ2n) is 9.51. The van der Waals surface area contributed by atoms with Gasteiger partial charge < -0.3 is 29.6 Å². The van der Waals surface area contributed by atoms with Crippen LogP contribution >= 0.6 is 11.6 Å². The molecule has 2 unspecified atom stereocenters. The average molecular weight is 569 g/mol. The Balaban J connectivity index is 1.31. The van der Waals surface area contributed by atoms with Gasteiger partial charge in [0.1, 0.15) is 17.7 Å². The van der Waals surface area contributed by atoms with E-state index < -0.39 is 29.4 Å². The normalized spacial score (nSPS) is 16.1. The number of anilines is 1. The molecule has 9 nitrogen and oxygen atoms in total. The molecule has 3 aromatic rings. The van der Waals surface area contributed by atoms with E-state index in [2.05, 4.69) is 14.6 Å². The zero-order valence-electron chi connectivity index (χ0n) is 21.1. The summed E-state index contributed by atoms with van der Waals surface area (Å²) in [5.74, 6) is 0.326. The van der Waals surface area contributed by atoms with Crippen molar-refractivity contribution in [3.8, 4) is 11.5 Å². The minimum atomic E-state index is -4.71. The zero-order chi connectivity index (χ0) is 28.2. The van der Waals surface area contributed by atoms with Crippen LogP contribution in [-0.4, -0.2) is 45.1 Å². The third kappa shape index (κ3) is 7.99. The molecule has 13 heteroatoms. The average Bonchev–Trinajstić information content (AvgIpc) is 3.26. The number of aliphatic hydroxyl groups excluding tert-OH is 1. The molecular weight excluding hydrogens is 541 g/mol. The first kappa shape index (κ1) is 28.5. The van der Waals surface area contributed by atoms with Gasteiger partial charge in [0.2, 0.25) is 0 Å². The number of piperidine rings is 1. The van der Waals surface area contributed by atoms with E-state index in [0.29, 0.717) is 11.7 Å². The summed E-state index contributed by atoms with van der Waals surface area (Å²) in [6, 6.07) is 13.5. The van der Waals surface area contributed by atoms with Crippen molar-refractivity contribution >= 4 is 23.1 Å². The molecule has 1 N–H and O–H groups in total. The van der Waals surface area contributed by atoms with Gasteiger partial charge in [-0.05, 0) is 95.6 Å². The van der Waals surface area contributed by atoms with Crippen molar-refractivity contribution in [1.29, 1.82) is 0 Å². The number of aliphatic hydroxyl groups is 1. The van der Waals surface area contributed by atoms with E-state index in [4.69, 9.17) is 16.3 Å². The fourth-order valence-electron chi connectivity index (χ4n) is 4.61. The van der Waals surface area contributed by atoms with Gasteiger partial charge in [-0.15, -0.1) is 13.2 Å². The molecule has 0 bridgehead atoms. The SMILES string of the molecule is CC(O)CC(Oc1ccc(CC2CCN(c3ccc(OC(F)(F)F)cc3)CC2)cc1)n1cc([N+](=O)[O-])nc1Cl. The van der Waals surface area contributed by atoms with E-state index in [-0.39, 0.29) is 17.5 Å². The smallest absolute Gasteiger partial charge is 0.470 e. The lowest BCUT2D eigenvalue weighted by Crippen LogP contribution is -2.34. The minimum Gasteiger partial charge on any atom is -0.470 e. The van der Waals surface area contributed by atoms with Gasteiger partial charge in [-0.1, -0.05) is 12.1 Å². The number of rotatable bonds is 10. The number of hydrogen-bond acceptors (Lipinski definition) is 7. The third-order valence-corrected chi connectivity index (χ3v) is 6.76. The summed E-state index contributed by atoms with van der Waals surface area (Å²) >= 11 is 6.08. The van der Waals surface area contributed by atoms with Crippen LogP contribution < -0.4 is 14.4 Å². The molecule has 210 valence electrons. The molecule has 2 aromatic carbocycles. The van der Waals surface area contributed by atoms with Crippen molar-refractivity contribution in [1.82, 2.24) is 9.55 Å². The summed E-state index contributed by atoms with van der Waals surface area (Å²) in [7, 11) is 0. The second-order valence-corrected chi connectivity index (χ2v) is 9.85. The molecule has 0 saturated carbocycles. The van der Waals surface area contributed by atoms with Gasteiger partial charge in [0.05, 0.1) is 6.10 Å². The van der Waals surface area contributed by atoms with Gasteiger partial charge in [-0.3, -0.25) is 4.57 Å². The van der Waals surface area contributed by atoms with Gasteiger partial charge in [-0.2, -0.15) is 0 Å². The maximum Gasteiger partial charge on any atom is 0.573 e. The van der Waals surface area contributed by atoms with Crippen LogP contribution in [0.1, 0.15) is 38.0 Å². The topological polar surface area (TPSA) is 103 Å². The first-order valence-corrected chi connectivity index (χ1v) is 12.8. The van der Waals surface area contributed by atoms with Crippen LogP contribution in [0.3, 0.4) is 0 Å². The number of imidazole rings is 1. The molecule has 0 spiro atoms. The van der Waals surface area contributed by atoms with Crippen LogP contribution in [0, 0.1) is 16.0 Å². The van der Waals surface area contributed by atoms with Crippen LogP contribution in [0.15, 0.2) is 54.7 Å². The summed E-state index contributed by atoms with van der Waals surface area (Å²) in [4.78, 5) is 16.3. The Labute approximate surface area is 227 Å². The fraction of sp³-hybridized carbons (Fsp3) is 0.423. The largest absolute Gasteiger partial charge is 0.573 e. The molecule has 2 atom stereocenters. The van der Waals surface area contributed by atoms with Gasteiger partial charge in [0.25, 0.3) is 0 Å². The molecule has 0 amide bonds. The maximum atomic E-state index is 12.4. The summed E-state index contributed by atoms with van der Waals surface area (Å²) < 4.78 is 48.4. The van der Waals surface area contributed by atoms with Crippen LogP contribution in [0.25, 0.3) is 0 Å². The van der Waals surface area contributed by atoms with E-state index in [0.717, 1.165) is 43.6 Å². The Morgan fingerprint density at radius 3 is 2.28 bits per heavy atom. The predicted molar refractivity (Wildman–Crippen MR) is 138 cm³/mol. The molecule has 1 fully saturated rings.